The van der Waals surface area contributed by atoms with Crippen LogP contribution in [0.25, 0.3) is 11.3 Å². The molecule has 0 saturated carbocycles. The van der Waals surface area contributed by atoms with Gasteiger partial charge in [0.1, 0.15) is 5.82 Å². The summed E-state index contributed by atoms with van der Waals surface area (Å²) in [6.07, 6.45) is 3.45. The van der Waals surface area contributed by atoms with Gasteiger partial charge in [-0.25, -0.2) is 0 Å². The van der Waals surface area contributed by atoms with Crippen LogP contribution in [0.4, 0.5) is 5.82 Å². The van der Waals surface area contributed by atoms with Crippen molar-refractivity contribution in [3.05, 3.63) is 102 Å². The molecule has 0 amide bonds. The fraction of sp³-hybridized carbons (Fsp3) is 0.0455. The molecule has 0 spiro atoms. The molecule has 132 valence electrons. The number of anilines is 1. The molecule has 0 saturated heterocycles. The standard InChI is InChI=1S/C22H18N4O/c27-22(18-10-5-2-6-11-18)26-21(24-15-17-8-3-1-4-9-17)14-20(25-26)19-12-7-13-23-16-19/h1-14,16,24H,15H2. The summed E-state index contributed by atoms with van der Waals surface area (Å²) in [7, 11) is 0. The molecule has 0 aliphatic carbocycles. The lowest BCUT2D eigenvalue weighted by molar-refractivity contribution is 0.0948. The molecular weight excluding hydrogens is 336 g/mol. The Balaban J connectivity index is 1.69. The Labute approximate surface area is 157 Å². The minimum absolute atomic E-state index is 0.179. The van der Waals surface area contributed by atoms with Gasteiger partial charge in [0.05, 0.1) is 5.69 Å². The van der Waals surface area contributed by atoms with E-state index in [2.05, 4.69) is 15.4 Å². The Morgan fingerprint density at radius 3 is 2.37 bits per heavy atom. The van der Waals surface area contributed by atoms with Gasteiger partial charge in [-0.3, -0.25) is 9.78 Å². The Hall–Kier alpha value is -3.73. The molecule has 2 aromatic carbocycles. The summed E-state index contributed by atoms with van der Waals surface area (Å²) < 4.78 is 1.42. The second-order valence-electron chi connectivity index (χ2n) is 6.08. The highest BCUT2D eigenvalue weighted by Gasteiger charge is 2.17. The number of hydrogen-bond acceptors (Lipinski definition) is 4. The molecule has 0 aliphatic rings. The number of nitrogens with zero attached hydrogens (tertiary/aromatic N) is 3. The molecule has 0 radical (unpaired) electrons. The number of hydrogen-bond donors (Lipinski definition) is 1. The highest BCUT2D eigenvalue weighted by atomic mass is 16.2. The molecule has 4 aromatic rings. The van der Waals surface area contributed by atoms with Crippen molar-refractivity contribution in [2.75, 3.05) is 5.32 Å². The maximum Gasteiger partial charge on any atom is 0.280 e. The van der Waals surface area contributed by atoms with Gasteiger partial charge in [-0.05, 0) is 29.8 Å². The molecule has 0 bridgehead atoms. The normalized spacial score (nSPS) is 10.5. The first-order chi connectivity index (χ1) is 13.3. The van der Waals surface area contributed by atoms with Crippen LogP contribution in [0, 0.1) is 0 Å². The summed E-state index contributed by atoms with van der Waals surface area (Å²) in [5, 5.41) is 7.86. The number of rotatable bonds is 5. The highest BCUT2D eigenvalue weighted by Crippen LogP contribution is 2.22. The summed E-state index contributed by atoms with van der Waals surface area (Å²) >= 11 is 0. The second-order valence-corrected chi connectivity index (χ2v) is 6.08. The summed E-state index contributed by atoms with van der Waals surface area (Å²) in [5.74, 6) is 0.466. The van der Waals surface area contributed by atoms with Crippen molar-refractivity contribution in [2.24, 2.45) is 0 Å². The Morgan fingerprint density at radius 1 is 0.926 bits per heavy atom. The van der Waals surface area contributed by atoms with Gasteiger partial charge in [0.25, 0.3) is 5.91 Å². The maximum absolute atomic E-state index is 13.0. The van der Waals surface area contributed by atoms with Gasteiger partial charge < -0.3 is 5.32 Å². The van der Waals surface area contributed by atoms with E-state index >= 15 is 0 Å². The molecule has 0 unspecified atom stereocenters. The van der Waals surface area contributed by atoms with Crippen molar-refractivity contribution >= 4 is 11.7 Å². The summed E-state index contributed by atoms with van der Waals surface area (Å²) in [4.78, 5) is 17.1. The van der Waals surface area contributed by atoms with E-state index in [9.17, 15) is 4.79 Å². The smallest absolute Gasteiger partial charge is 0.280 e. The van der Waals surface area contributed by atoms with Crippen LogP contribution in [0.2, 0.25) is 0 Å². The van der Waals surface area contributed by atoms with Crippen molar-refractivity contribution < 1.29 is 4.79 Å². The third-order valence-electron chi connectivity index (χ3n) is 4.20. The van der Waals surface area contributed by atoms with E-state index in [0.29, 0.717) is 23.6 Å². The molecule has 0 aliphatic heterocycles. The van der Waals surface area contributed by atoms with Crippen molar-refractivity contribution in [1.29, 1.82) is 0 Å². The molecule has 27 heavy (non-hydrogen) atoms. The third-order valence-corrected chi connectivity index (χ3v) is 4.20. The van der Waals surface area contributed by atoms with Gasteiger partial charge >= 0.3 is 0 Å². The molecule has 1 N–H and O–H groups in total. The average molecular weight is 354 g/mol. The quantitative estimate of drug-likeness (QED) is 0.582. The minimum Gasteiger partial charge on any atom is -0.366 e. The topological polar surface area (TPSA) is 59.8 Å². The predicted molar refractivity (Wildman–Crippen MR) is 105 cm³/mol. The van der Waals surface area contributed by atoms with Crippen LogP contribution < -0.4 is 5.32 Å². The van der Waals surface area contributed by atoms with Gasteiger partial charge in [-0.15, -0.1) is 0 Å². The first-order valence-electron chi connectivity index (χ1n) is 8.69. The summed E-state index contributed by atoms with van der Waals surface area (Å²) in [6, 6.07) is 24.8. The zero-order valence-corrected chi connectivity index (χ0v) is 14.6. The zero-order valence-electron chi connectivity index (χ0n) is 14.6. The van der Waals surface area contributed by atoms with Crippen LogP contribution in [0.1, 0.15) is 15.9 Å². The minimum atomic E-state index is -0.179. The van der Waals surface area contributed by atoms with E-state index in [1.54, 1.807) is 24.5 Å². The van der Waals surface area contributed by atoms with Gasteiger partial charge in [0.2, 0.25) is 0 Å². The van der Waals surface area contributed by atoms with E-state index in [1.807, 2.05) is 66.7 Å². The van der Waals surface area contributed by atoms with E-state index in [1.165, 1.54) is 4.68 Å². The molecule has 4 rings (SSSR count). The summed E-state index contributed by atoms with van der Waals surface area (Å²) in [5.41, 5.74) is 3.27. The van der Waals surface area contributed by atoms with Gasteiger partial charge in [0, 0.05) is 36.1 Å². The molecule has 0 atom stereocenters. The number of carbonyl (C=O) groups excluding carboxylic acids is 1. The second kappa shape index (κ2) is 7.66. The number of aromatic nitrogens is 3. The molecule has 5 heteroatoms. The highest BCUT2D eigenvalue weighted by molar-refractivity contribution is 5.97. The lowest BCUT2D eigenvalue weighted by atomic mass is 10.2. The van der Waals surface area contributed by atoms with E-state index in [0.717, 1.165) is 11.1 Å². The molecule has 5 nitrogen and oxygen atoms in total. The van der Waals surface area contributed by atoms with Crippen LogP contribution in [0.5, 0.6) is 0 Å². The van der Waals surface area contributed by atoms with Crippen LogP contribution in [0.3, 0.4) is 0 Å². The fourth-order valence-corrected chi connectivity index (χ4v) is 2.81. The first kappa shape index (κ1) is 16.7. The number of carbonyl (C=O) groups is 1. The van der Waals surface area contributed by atoms with E-state index < -0.39 is 0 Å². The number of nitrogens with one attached hydrogen (secondary N) is 1. The van der Waals surface area contributed by atoms with Crippen LogP contribution in [-0.2, 0) is 6.54 Å². The van der Waals surface area contributed by atoms with Gasteiger partial charge in [-0.2, -0.15) is 9.78 Å². The number of benzene rings is 2. The monoisotopic (exact) mass is 354 g/mol. The third kappa shape index (κ3) is 3.77. The largest absolute Gasteiger partial charge is 0.366 e. The zero-order chi connectivity index (χ0) is 18.5. The van der Waals surface area contributed by atoms with Crippen LogP contribution >= 0.6 is 0 Å². The van der Waals surface area contributed by atoms with Gasteiger partial charge in [-0.1, -0.05) is 48.5 Å². The lowest BCUT2D eigenvalue weighted by Gasteiger charge is -2.09. The fourth-order valence-electron chi connectivity index (χ4n) is 2.81. The first-order valence-corrected chi connectivity index (χ1v) is 8.69. The molecular formula is C22H18N4O. The molecule has 2 heterocycles. The molecule has 0 fully saturated rings. The Bertz CT molecular complexity index is 1030. The number of pyridine rings is 1. The molecule has 2 aromatic heterocycles. The Morgan fingerprint density at radius 2 is 1.67 bits per heavy atom. The van der Waals surface area contributed by atoms with Gasteiger partial charge in [0.15, 0.2) is 0 Å². The van der Waals surface area contributed by atoms with Crippen LogP contribution in [0.15, 0.2) is 91.3 Å². The van der Waals surface area contributed by atoms with Crippen molar-refractivity contribution in [3.63, 3.8) is 0 Å². The van der Waals surface area contributed by atoms with E-state index in [4.69, 9.17) is 0 Å². The van der Waals surface area contributed by atoms with Crippen LogP contribution in [-0.4, -0.2) is 20.7 Å². The van der Waals surface area contributed by atoms with Crippen molar-refractivity contribution in [2.45, 2.75) is 6.54 Å². The SMILES string of the molecule is O=C(c1ccccc1)n1nc(-c2cccnc2)cc1NCc1ccccc1. The average Bonchev–Trinajstić information content (AvgIpc) is 3.18. The summed E-state index contributed by atoms with van der Waals surface area (Å²) in [6.45, 7) is 0.598. The Kier molecular flexibility index (Phi) is 4.74. The van der Waals surface area contributed by atoms with E-state index in [-0.39, 0.29) is 5.91 Å². The maximum atomic E-state index is 13.0. The lowest BCUT2D eigenvalue weighted by Crippen LogP contribution is -2.17. The van der Waals surface area contributed by atoms with Crippen molar-refractivity contribution in [1.82, 2.24) is 14.8 Å². The van der Waals surface area contributed by atoms with Crippen molar-refractivity contribution in [3.8, 4) is 11.3 Å². The predicted octanol–water partition coefficient (Wildman–Crippen LogP) is 4.25.